The molecule has 0 radical (unpaired) electrons. The van der Waals surface area contributed by atoms with E-state index in [1.165, 1.54) is 0 Å². The summed E-state index contributed by atoms with van der Waals surface area (Å²) in [5, 5.41) is 13.0. The Balaban J connectivity index is 1.50. The summed E-state index contributed by atoms with van der Waals surface area (Å²) in [6, 6.07) is 12.3. The number of rotatable bonds is 9. The van der Waals surface area contributed by atoms with Gasteiger partial charge in [0.25, 0.3) is 0 Å². The van der Waals surface area contributed by atoms with Gasteiger partial charge in [-0.1, -0.05) is 24.3 Å². The third-order valence-corrected chi connectivity index (χ3v) is 6.69. The second-order valence-corrected chi connectivity index (χ2v) is 9.31. The van der Waals surface area contributed by atoms with E-state index in [0.717, 1.165) is 66.4 Å². The normalized spacial score (nSPS) is 16.1. The number of aromatic nitrogens is 3. The van der Waals surface area contributed by atoms with Crippen LogP contribution in [-0.2, 0) is 11.2 Å². The molecule has 0 spiro atoms. The number of fused-ring (bicyclic) bond motifs is 1. The Morgan fingerprint density at radius 1 is 1.17 bits per heavy atom. The second kappa shape index (κ2) is 11.2. The number of allylic oxidation sites excluding steroid dienone is 1. The maximum absolute atomic E-state index is 10.0. The Morgan fingerprint density at radius 2 is 2.03 bits per heavy atom. The molecule has 36 heavy (non-hydrogen) atoms. The van der Waals surface area contributed by atoms with E-state index >= 15 is 0 Å². The summed E-state index contributed by atoms with van der Waals surface area (Å²) in [6.45, 7) is 2.20. The Labute approximate surface area is 212 Å². The number of nitrogens with zero attached hydrogens (tertiary/aromatic N) is 4. The first-order valence-corrected chi connectivity index (χ1v) is 12.5. The average Bonchev–Trinajstić information content (AvgIpc) is 3.40. The molecule has 188 valence electrons. The number of likely N-dealkylation sites (N-methyl/N-ethyl adjacent to an activating group) is 1. The third-order valence-electron chi connectivity index (χ3n) is 6.69. The maximum atomic E-state index is 10.0. The van der Waals surface area contributed by atoms with Crippen LogP contribution >= 0.6 is 0 Å². The molecule has 2 aromatic heterocycles. The van der Waals surface area contributed by atoms with Crippen LogP contribution in [0.25, 0.3) is 28.7 Å². The lowest BCUT2D eigenvalue weighted by Gasteiger charge is -2.32. The fraction of sp³-hybridized carbons (Fsp3) is 0.393. The van der Waals surface area contributed by atoms with Crippen molar-refractivity contribution in [3.63, 3.8) is 0 Å². The van der Waals surface area contributed by atoms with E-state index in [1.54, 1.807) is 7.05 Å². The van der Waals surface area contributed by atoms with Crippen LogP contribution in [0.4, 0.5) is 5.82 Å². The number of hydrogen-bond acceptors (Lipinski definition) is 8. The molecule has 1 aliphatic carbocycles. The maximum Gasteiger partial charge on any atom is 0.162 e. The number of benzene rings is 1. The zero-order chi connectivity index (χ0) is 24.9. The SMILES string of the molecule is CNCC(O)COc1cccc(-c2nc(-c3cnc4c(c3)C=CC4)cc(N(C)C3CCOCC3)n2)c1. The van der Waals surface area contributed by atoms with Gasteiger partial charge in [0.1, 0.15) is 24.3 Å². The van der Waals surface area contributed by atoms with Gasteiger partial charge < -0.3 is 24.8 Å². The molecule has 0 bridgehead atoms. The van der Waals surface area contributed by atoms with E-state index in [0.29, 0.717) is 24.2 Å². The van der Waals surface area contributed by atoms with Gasteiger partial charge in [-0.05, 0) is 43.7 Å². The Bertz CT molecular complexity index is 1230. The van der Waals surface area contributed by atoms with Gasteiger partial charge in [0.05, 0.1) is 11.4 Å². The number of hydrogen-bond donors (Lipinski definition) is 2. The highest BCUT2D eigenvalue weighted by Crippen LogP contribution is 2.31. The van der Waals surface area contributed by atoms with Crippen LogP contribution in [-0.4, -0.2) is 72.7 Å². The van der Waals surface area contributed by atoms with Gasteiger partial charge in [0.15, 0.2) is 5.82 Å². The molecule has 0 saturated carbocycles. The van der Waals surface area contributed by atoms with Gasteiger partial charge in [0.2, 0.25) is 0 Å². The minimum Gasteiger partial charge on any atom is -0.491 e. The second-order valence-electron chi connectivity index (χ2n) is 9.31. The minimum atomic E-state index is -0.584. The molecule has 1 unspecified atom stereocenters. The molecule has 2 N–H and O–H groups in total. The summed E-state index contributed by atoms with van der Waals surface area (Å²) in [7, 11) is 3.90. The molecule has 0 amide bonds. The van der Waals surface area contributed by atoms with Crippen LogP contribution in [0, 0.1) is 0 Å². The van der Waals surface area contributed by atoms with E-state index in [4.69, 9.17) is 19.4 Å². The zero-order valence-corrected chi connectivity index (χ0v) is 20.9. The number of aliphatic hydroxyl groups excluding tert-OH is 1. The topological polar surface area (TPSA) is 92.6 Å². The first kappa shape index (κ1) is 24.4. The van der Waals surface area contributed by atoms with E-state index in [-0.39, 0.29) is 6.61 Å². The summed E-state index contributed by atoms with van der Waals surface area (Å²) >= 11 is 0. The molecule has 8 heteroatoms. The van der Waals surface area contributed by atoms with Gasteiger partial charge in [-0.15, -0.1) is 0 Å². The average molecular weight is 488 g/mol. The van der Waals surface area contributed by atoms with Gasteiger partial charge in [-0.2, -0.15) is 0 Å². The predicted octanol–water partition coefficient (Wildman–Crippen LogP) is 3.35. The van der Waals surface area contributed by atoms with Gasteiger partial charge in [0, 0.05) is 62.7 Å². The van der Waals surface area contributed by atoms with Crippen molar-refractivity contribution in [1.82, 2.24) is 20.3 Å². The Morgan fingerprint density at radius 3 is 2.86 bits per heavy atom. The van der Waals surface area contributed by atoms with Crippen molar-refractivity contribution in [2.24, 2.45) is 0 Å². The number of anilines is 1. The number of nitrogens with one attached hydrogen (secondary N) is 1. The number of aliphatic hydroxyl groups is 1. The van der Waals surface area contributed by atoms with E-state index < -0.39 is 6.10 Å². The van der Waals surface area contributed by atoms with Crippen molar-refractivity contribution >= 4 is 11.9 Å². The van der Waals surface area contributed by atoms with Crippen molar-refractivity contribution in [2.45, 2.75) is 31.4 Å². The molecule has 1 fully saturated rings. The standard InChI is InChI=1S/C28H33N5O3/c1-29-17-23(34)18-36-24-7-3-6-20(14-24)28-31-26(21-13-19-5-4-8-25(19)30-16-21)15-27(32-28)33(2)22-9-11-35-12-10-22/h3-7,13-16,22-23,29,34H,8-12,17-18H2,1-2H3. The molecular formula is C28H33N5O3. The highest BCUT2D eigenvalue weighted by Gasteiger charge is 2.22. The summed E-state index contributed by atoms with van der Waals surface area (Å²) < 4.78 is 11.4. The summed E-state index contributed by atoms with van der Waals surface area (Å²) in [6.07, 6.45) is 8.38. The monoisotopic (exact) mass is 487 g/mol. The van der Waals surface area contributed by atoms with Crippen LogP contribution in [0.5, 0.6) is 5.75 Å². The van der Waals surface area contributed by atoms with Crippen molar-refractivity contribution < 1.29 is 14.6 Å². The highest BCUT2D eigenvalue weighted by molar-refractivity contribution is 5.71. The van der Waals surface area contributed by atoms with E-state index in [9.17, 15) is 5.11 Å². The lowest BCUT2D eigenvalue weighted by atomic mass is 10.1. The fourth-order valence-electron chi connectivity index (χ4n) is 4.63. The molecule has 3 heterocycles. The molecular weight excluding hydrogens is 454 g/mol. The lowest BCUT2D eigenvalue weighted by Crippen LogP contribution is -2.37. The van der Waals surface area contributed by atoms with Gasteiger partial charge >= 0.3 is 0 Å². The van der Waals surface area contributed by atoms with Crippen LogP contribution in [0.3, 0.4) is 0 Å². The van der Waals surface area contributed by atoms with Crippen LogP contribution in [0.2, 0.25) is 0 Å². The van der Waals surface area contributed by atoms with Crippen molar-refractivity contribution in [3.05, 3.63) is 59.9 Å². The molecule has 1 aliphatic heterocycles. The lowest BCUT2D eigenvalue weighted by molar-refractivity contribution is 0.0853. The predicted molar refractivity (Wildman–Crippen MR) is 141 cm³/mol. The van der Waals surface area contributed by atoms with Crippen molar-refractivity contribution in [3.8, 4) is 28.4 Å². The molecule has 5 rings (SSSR count). The number of ether oxygens (including phenoxy) is 2. The smallest absolute Gasteiger partial charge is 0.162 e. The molecule has 3 aromatic rings. The van der Waals surface area contributed by atoms with Gasteiger partial charge in [-0.3, -0.25) is 4.98 Å². The van der Waals surface area contributed by atoms with Crippen LogP contribution < -0.4 is 15.0 Å². The summed E-state index contributed by atoms with van der Waals surface area (Å²) in [4.78, 5) is 16.8. The molecule has 1 atom stereocenters. The summed E-state index contributed by atoms with van der Waals surface area (Å²) in [5.74, 6) is 2.16. The quantitative estimate of drug-likeness (QED) is 0.475. The molecule has 2 aliphatic rings. The number of pyridine rings is 1. The molecule has 8 nitrogen and oxygen atoms in total. The fourth-order valence-corrected chi connectivity index (χ4v) is 4.63. The minimum absolute atomic E-state index is 0.206. The van der Waals surface area contributed by atoms with E-state index in [2.05, 4.69) is 46.5 Å². The first-order chi connectivity index (χ1) is 17.6. The highest BCUT2D eigenvalue weighted by atomic mass is 16.5. The van der Waals surface area contributed by atoms with Crippen LogP contribution in [0.1, 0.15) is 24.1 Å². The Kier molecular flexibility index (Phi) is 7.55. The summed E-state index contributed by atoms with van der Waals surface area (Å²) in [5.41, 5.74) is 4.89. The third kappa shape index (κ3) is 5.56. The van der Waals surface area contributed by atoms with Crippen molar-refractivity contribution in [1.29, 1.82) is 0 Å². The Hall–Kier alpha value is -3.33. The van der Waals surface area contributed by atoms with Crippen molar-refractivity contribution in [2.75, 3.05) is 45.4 Å². The van der Waals surface area contributed by atoms with E-state index in [1.807, 2.05) is 30.5 Å². The zero-order valence-electron chi connectivity index (χ0n) is 20.9. The molecule has 1 saturated heterocycles. The van der Waals surface area contributed by atoms with Gasteiger partial charge in [-0.25, -0.2) is 9.97 Å². The van der Waals surface area contributed by atoms with Crippen LogP contribution in [0.15, 0.2) is 48.7 Å². The molecule has 1 aromatic carbocycles. The first-order valence-electron chi connectivity index (χ1n) is 12.5. The largest absolute Gasteiger partial charge is 0.491 e.